The van der Waals surface area contributed by atoms with E-state index < -0.39 is 0 Å². The van der Waals surface area contributed by atoms with Crippen molar-refractivity contribution in [3.05, 3.63) is 42.4 Å². The molecule has 0 atom stereocenters. The molecule has 1 N–H and O–H groups in total. The zero-order valence-corrected chi connectivity index (χ0v) is 15.0. The number of anilines is 2. The third-order valence-electron chi connectivity index (χ3n) is 5.03. The van der Waals surface area contributed by atoms with E-state index >= 15 is 0 Å². The number of likely N-dealkylation sites (tertiary alicyclic amines) is 1. The van der Waals surface area contributed by atoms with Crippen LogP contribution in [0.5, 0.6) is 0 Å². The third-order valence-corrected chi connectivity index (χ3v) is 5.03. The fourth-order valence-corrected chi connectivity index (χ4v) is 3.54. The van der Waals surface area contributed by atoms with Crippen LogP contribution >= 0.6 is 0 Å². The molecule has 2 aromatic rings. The number of morpholine rings is 1. The number of pyridine rings is 1. The zero-order valence-electron chi connectivity index (χ0n) is 15.0. The van der Waals surface area contributed by atoms with Crippen molar-refractivity contribution in [2.45, 2.75) is 25.4 Å². The summed E-state index contributed by atoms with van der Waals surface area (Å²) in [5, 5.41) is 3.60. The van der Waals surface area contributed by atoms with E-state index in [4.69, 9.17) is 9.72 Å². The van der Waals surface area contributed by atoms with Gasteiger partial charge in [-0.05, 0) is 36.6 Å². The standard InChI is InChI=1S/C19H26N6O/c1-6-20-7-2-16(1)15-24-9-4-17(5-10-24)22-18-3-8-21-19(23-18)25-11-13-26-14-12-25/h1-3,6-8,17H,4-5,9-15H2,(H,21,22,23). The summed E-state index contributed by atoms with van der Waals surface area (Å²) in [5.41, 5.74) is 1.33. The Labute approximate surface area is 154 Å². The van der Waals surface area contributed by atoms with Crippen LogP contribution < -0.4 is 10.2 Å². The number of rotatable bonds is 5. The molecule has 2 saturated heterocycles. The van der Waals surface area contributed by atoms with Crippen LogP contribution in [0.2, 0.25) is 0 Å². The molecular weight excluding hydrogens is 328 g/mol. The summed E-state index contributed by atoms with van der Waals surface area (Å²) in [6.45, 7) is 6.41. The number of piperidine rings is 1. The molecule has 2 fully saturated rings. The topological polar surface area (TPSA) is 66.4 Å². The molecule has 2 aromatic heterocycles. The Kier molecular flexibility index (Phi) is 5.56. The molecule has 0 spiro atoms. The quantitative estimate of drug-likeness (QED) is 0.878. The molecule has 7 heteroatoms. The maximum absolute atomic E-state index is 5.40. The van der Waals surface area contributed by atoms with Crippen LogP contribution in [0.1, 0.15) is 18.4 Å². The van der Waals surface area contributed by atoms with Gasteiger partial charge in [0.1, 0.15) is 5.82 Å². The lowest BCUT2D eigenvalue weighted by Crippen LogP contribution is -2.39. The summed E-state index contributed by atoms with van der Waals surface area (Å²) < 4.78 is 5.40. The zero-order chi connectivity index (χ0) is 17.6. The largest absolute Gasteiger partial charge is 0.378 e. The van der Waals surface area contributed by atoms with Crippen LogP contribution in [0.3, 0.4) is 0 Å². The van der Waals surface area contributed by atoms with E-state index in [1.807, 2.05) is 24.7 Å². The Hall–Kier alpha value is -2.25. The third kappa shape index (κ3) is 4.47. The van der Waals surface area contributed by atoms with Gasteiger partial charge >= 0.3 is 0 Å². The second-order valence-electron chi connectivity index (χ2n) is 6.89. The highest BCUT2D eigenvalue weighted by Crippen LogP contribution is 2.18. The Morgan fingerprint density at radius 2 is 1.77 bits per heavy atom. The van der Waals surface area contributed by atoms with E-state index in [9.17, 15) is 0 Å². The molecule has 0 aliphatic carbocycles. The first-order valence-electron chi connectivity index (χ1n) is 9.40. The van der Waals surface area contributed by atoms with Gasteiger partial charge in [-0.15, -0.1) is 0 Å². The smallest absolute Gasteiger partial charge is 0.227 e. The number of aromatic nitrogens is 3. The van der Waals surface area contributed by atoms with Gasteiger partial charge in [-0.2, -0.15) is 4.98 Å². The number of hydrogen-bond donors (Lipinski definition) is 1. The number of nitrogens with one attached hydrogen (secondary N) is 1. The summed E-state index contributed by atoms with van der Waals surface area (Å²) in [4.78, 5) is 17.9. The first-order chi connectivity index (χ1) is 12.9. The van der Waals surface area contributed by atoms with Crippen LogP contribution in [-0.4, -0.2) is 65.3 Å². The van der Waals surface area contributed by atoms with E-state index in [1.165, 1.54) is 5.56 Å². The van der Waals surface area contributed by atoms with Crippen molar-refractivity contribution in [3.8, 4) is 0 Å². The predicted octanol–water partition coefficient (Wildman–Crippen LogP) is 1.78. The maximum Gasteiger partial charge on any atom is 0.227 e. The minimum Gasteiger partial charge on any atom is -0.378 e. The average Bonchev–Trinajstić information content (AvgIpc) is 2.71. The van der Waals surface area contributed by atoms with Crippen molar-refractivity contribution < 1.29 is 4.74 Å². The van der Waals surface area contributed by atoms with E-state index in [1.54, 1.807) is 0 Å². The van der Waals surface area contributed by atoms with Gasteiger partial charge < -0.3 is 15.0 Å². The van der Waals surface area contributed by atoms with Crippen LogP contribution in [0.15, 0.2) is 36.8 Å². The van der Waals surface area contributed by atoms with Crippen LogP contribution in [0.4, 0.5) is 11.8 Å². The summed E-state index contributed by atoms with van der Waals surface area (Å²) in [6, 6.07) is 6.63. The molecular formula is C19H26N6O. The molecule has 0 bridgehead atoms. The van der Waals surface area contributed by atoms with Crippen molar-refractivity contribution in [3.63, 3.8) is 0 Å². The molecule has 138 valence electrons. The Balaban J connectivity index is 1.29. The fraction of sp³-hybridized carbons (Fsp3) is 0.526. The molecule has 0 radical (unpaired) electrons. The summed E-state index contributed by atoms with van der Waals surface area (Å²) in [6.07, 6.45) is 7.83. The molecule has 2 aliphatic rings. The molecule has 2 aliphatic heterocycles. The first-order valence-corrected chi connectivity index (χ1v) is 9.40. The van der Waals surface area contributed by atoms with Crippen molar-refractivity contribution in [2.75, 3.05) is 49.6 Å². The normalized spacial score (nSPS) is 19.5. The van der Waals surface area contributed by atoms with Gasteiger partial charge in [0.05, 0.1) is 13.2 Å². The van der Waals surface area contributed by atoms with Gasteiger partial charge in [-0.25, -0.2) is 4.98 Å². The van der Waals surface area contributed by atoms with E-state index in [0.29, 0.717) is 6.04 Å². The molecule has 0 unspecified atom stereocenters. The lowest BCUT2D eigenvalue weighted by molar-refractivity contribution is 0.122. The lowest BCUT2D eigenvalue weighted by atomic mass is 10.0. The van der Waals surface area contributed by atoms with Crippen molar-refractivity contribution in [2.24, 2.45) is 0 Å². The molecule has 26 heavy (non-hydrogen) atoms. The summed E-state index contributed by atoms with van der Waals surface area (Å²) in [5.74, 6) is 1.72. The van der Waals surface area contributed by atoms with E-state index in [2.05, 4.69) is 37.2 Å². The summed E-state index contributed by atoms with van der Waals surface area (Å²) >= 11 is 0. The highest BCUT2D eigenvalue weighted by molar-refractivity contribution is 5.42. The van der Waals surface area contributed by atoms with Gasteiger partial charge in [0.2, 0.25) is 5.95 Å². The maximum atomic E-state index is 5.40. The second-order valence-corrected chi connectivity index (χ2v) is 6.89. The number of ether oxygens (including phenoxy) is 1. The number of nitrogens with zero attached hydrogens (tertiary/aromatic N) is 5. The summed E-state index contributed by atoms with van der Waals surface area (Å²) in [7, 11) is 0. The molecule has 7 nitrogen and oxygen atoms in total. The predicted molar refractivity (Wildman–Crippen MR) is 101 cm³/mol. The highest BCUT2D eigenvalue weighted by Gasteiger charge is 2.20. The fourth-order valence-electron chi connectivity index (χ4n) is 3.54. The monoisotopic (exact) mass is 354 g/mol. The van der Waals surface area contributed by atoms with Crippen molar-refractivity contribution >= 4 is 11.8 Å². The molecule has 4 rings (SSSR count). The van der Waals surface area contributed by atoms with Gasteiger partial charge in [-0.1, -0.05) is 0 Å². The van der Waals surface area contributed by atoms with Gasteiger partial charge in [0.15, 0.2) is 0 Å². The first kappa shape index (κ1) is 17.2. The van der Waals surface area contributed by atoms with E-state index in [-0.39, 0.29) is 0 Å². The average molecular weight is 354 g/mol. The van der Waals surface area contributed by atoms with Crippen LogP contribution in [0, 0.1) is 0 Å². The Bertz CT molecular complexity index is 683. The van der Waals surface area contributed by atoms with E-state index in [0.717, 1.165) is 70.5 Å². The number of hydrogen-bond acceptors (Lipinski definition) is 7. The molecule has 4 heterocycles. The Morgan fingerprint density at radius 1 is 1.00 bits per heavy atom. The minimum absolute atomic E-state index is 0.469. The van der Waals surface area contributed by atoms with Gasteiger partial charge in [-0.3, -0.25) is 9.88 Å². The SMILES string of the molecule is c1cc(CN2CCC(Nc3ccnc(N4CCOCC4)n3)CC2)ccn1. The Morgan fingerprint density at radius 3 is 2.54 bits per heavy atom. The van der Waals surface area contributed by atoms with Crippen LogP contribution in [0.25, 0.3) is 0 Å². The second kappa shape index (κ2) is 8.42. The lowest BCUT2D eigenvalue weighted by Gasteiger charge is -2.33. The molecule has 0 saturated carbocycles. The molecule has 0 amide bonds. The van der Waals surface area contributed by atoms with Gasteiger partial charge in [0.25, 0.3) is 0 Å². The molecule has 0 aromatic carbocycles. The van der Waals surface area contributed by atoms with Crippen LogP contribution in [-0.2, 0) is 11.3 Å². The highest BCUT2D eigenvalue weighted by atomic mass is 16.5. The minimum atomic E-state index is 0.469. The van der Waals surface area contributed by atoms with Crippen molar-refractivity contribution in [1.29, 1.82) is 0 Å². The van der Waals surface area contributed by atoms with Crippen molar-refractivity contribution in [1.82, 2.24) is 19.9 Å². The van der Waals surface area contributed by atoms with Gasteiger partial charge in [0, 0.05) is 57.4 Å².